The van der Waals surface area contributed by atoms with Gasteiger partial charge in [0.15, 0.2) is 0 Å². The van der Waals surface area contributed by atoms with Crippen LogP contribution in [0.2, 0.25) is 0 Å². The van der Waals surface area contributed by atoms with E-state index in [0.717, 1.165) is 108 Å². The third-order valence-electron chi connectivity index (χ3n) is 12.8. The molecule has 12 heteroatoms. The SMILES string of the molecule is C.CC(C)(C)OC(=O)N1CCC2(CCN(Cc3cccc(Oc4ccccc4)c3)CC2)CC1.CC(C)(C)OC(=O)N1CCC2(CCNCC2)CC1.Cl.O=Cc1cccc(Oc2ccccc2)c1. The van der Waals surface area contributed by atoms with Crippen molar-refractivity contribution in [1.82, 2.24) is 20.0 Å². The molecular formula is C55H77ClN4O7. The van der Waals surface area contributed by atoms with E-state index in [4.69, 9.17) is 18.9 Å². The lowest BCUT2D eigenvalue weighted by atomic mass is 9.71. The van der Waals surface area contributed by atoms with Crippen LogP contribution >= 0.6 is 12.4 Å². The van der Waals surface area contributed by atoms with E-state index < -0.39 is 5.60 Å². The normalized spacial score (nSPS) is 17.7. The van der Waals surface area contributed by atoms with E-state index in [0.29, 0.717) is 22.1 Å². The number of hydrogen-bond donors (Lipinski definition) is 1. The number of rotatable bonds is 7. The zero-order valence-electron chi connectivity index (χ0n) is 40.1. The molecule has 8 rings (SSSR count). The van der Waals surface area contributed by atoms with Gasteiger partial charge in [-0.15, -0.1) is 12.4 Å². The number of ether oxygens (including phenoxy) is 4. The van der Waals surface area contributed by atoms with Crippen LogP contribution in [-0.4, -0.2) is 96.7 Å². The molecule has 4 saturated heterocycles. The number of likely N-dealkylation sites (tertiary alicyclic amines) is 3. The van der Waals surface area contributed by atoms with Crippen molar-refractivity contribution >= 4 is 30.9 Å². The second-order valence-corrected chi connectivity index (χ2v) is 20.1. The quantitative estimate of drug-likeness (QED) is 0.181. The summed E-state index contributed by atoms with van der Waals surface area (Å²) in [7, 11) is 0. The van der Waals surface area contributed by atoms with E-state index in [1.807, 2.05) is 124 Å². The van der Waals surface area contributed by atoms with Gasteiger partial charge in [-0.05, 0) is 184 Å². The van der Waals surface area contributed by atoms with Gasteiger partial charge in [0.1, 0.15) is 40.5 Å². The molecular weight excluding hydrogens is 864 g/mol. The number of para-hydroxylation sites is 2. The summed E-state index contributed by atoms with van der Waals surface area (Å²) in [4.78, 5) is 41.2. The van der Waals surface area contributed by atoms with Crippen molar-refractivity contribution in [3.63, 3.8) is 0 Å². The molecule has 0 saturated carbocycles. The Bertz CT molecular complexity index is 2090. The van der Waals surface area contributed by atoms with Crippen molar-refractivity contribution in [3.05, 3.63) is 120 Å². The Balaban J connectivity index is 0.000000237. The number of amides is 2. The molecule has 4 aromatic carbocycles. The zero-order chi connectivity index (χ0) is 46.3. The van der Waals surface area contributed by atoms with E-state index in [1.165, 1.54) is 31.2 Å². The minimum atomic E-state index is -0.430. The first-order valence-electron chi connectivity index (χ1n) is 23.6. The Hall–Kier alpha value is -5.10. The van der Waals surface area contributed by atoms with Crippen molar-refractivity contribution in [2.24, 2.45) is 10.8 Å². The summed E-state index contributed by atoms with van der Waals surface area (Å²) < 4.78 is 22.5. The lowest BCUT2D eigenvalue weighted by Crippen LogP contribution is -2.49. The van der Waals surface area contributed by atoms with Crippen LogP contribution in [0, 0.1) is 10.8 Å². The lowest BCUT2D eigenvalue weighted by Gasteiger charge is -2.46. The summed E-state index contributed by atoms with van der Waals surface area (Å²) in [5.41, 5.74) is 1.96. The van der Waals surface area contributed by atoms with E-state index in [2.05, 4.69) is 28.4 Å². The largest absolute Gasteiger partial charge is 0.457 e. The summed E-state index contributed by atoms with van der Waals surface area (Å²) >= 11 is 0. The van der Waals surface area contributed by atoms with Gasteiger partial charge in [-0.3, -0.25) is 9.69 Å². The molecule has 4 aromatic rings. The van der Waals surface area contributed by atoms with Gasteiger partial charge in [0.2, 0.25) is 0 Å². The van der Waals surface area contributed by atoms with E-state index in [9.17, 15) is 14.4 Å². The number of carbonyl (C=O) groups is 3. The molecule has 4 aliphatic rings. The highest BCUT2D eigenvalue weighted by Crippen LogP contribution is 2.42. The van der Waals surface area contributed by atoms with Gasteiger partial charge in [-0.1, -0.05) is 68.1 Å². The van der Waals surface area contributed by atoms with Gasteiger partial charge < -0.3 is 34.1 Å². The maximum absolute atomic E-state index is 12.4. The maximum atomic E-state index is 12.4. The van der Waals surface area contributed by atoms with Crippen molar-refractivity contribution < 1.29 is 33.3 Å². The highest BCUT2D eigenvalue weighted by Gasteiger charge is 2.40. The molecule has 0 aromatic heterocycles. The van der Waals surface area contributed by atoms with Crippen LogP contribution in [0.1, 0.15) is 116 Å². The fourth-order valence-electron chi connectivity index (χ4n) is 8.99. The van der Waals surface area contributed by atoms with Crippen LogP contribution in [0.5, 0.6) is 23.0 Å². The molecule has 4 aliphatic heterocycles. The average Bonchev–Trinajstić information content (AvgIpc) is 3.28. The molecule has 0 radical (unpaired) electrons. The van der Waals surface area contributed by atoms with Gasteiger partial charge in [0.05, 0.1) is 0 Å². The third kappa shape index (κ3) is 17.8. The zero-order valence-corrected chi connectivity index (χ0v) is 40.9. The molecule has 11 nitrogen and oxygen atoms in total. The first-order valence-corrected chi connectivity index (χ1v) is 23.6. The molecule has 0 aliphatic carbocycles. The van der Waals surface area contributed by atoms with E-state index >= 15 is 0 Å². The summed E-state index contributed by atoms with van der Waals surface area (Å²) in [6, 6.07) is 34.9. The topological polar surface area (TPSA) is 110 Å². The molecule has 4 heterocycles. The predicted octanol–water partition coefficient (Wildman–Crippen LogP) is 12.8. The third-order valence-corrected chi connectivity index (χ3v) is 12.8. The molecule has 0 atom stereocenters. The first kappa shape index (κ1) is 54.5. The molecule has 0 unspecified atom stereocenters. The minimum Gasteiger partial charge on any atom is -0.457 e. The summed E-state index contributed by atoms with van der Waals surface area (Å²) in [6.45, 7) is 20.3. The van der Waals surface area contributed by atoms with Gasteiger partial charge in [0.25, 0.3) is 0 Å². The smallest absolute Gasteiger partial charge is 0.410 e. The molecule has 366 valence electrons. The lowest BCUT2D eigenvalue weighted by molar-refractivity contribution is -0.00323. The number of nitrogens with one attached hydrogen (secondary N) is 1. The first-order chi connectivity index (χ1) is 31.1. The number of aldehydes is 1. The predicted molar refractivity (Wildman–Crippen MR) is 271 cm³/mol. The number of carbonyl (C=O) groups excluding carboxylic acids is 3. The molecule has 1 N–H and O–H groups in total. The van der Waals surface area contributed by atoms with Crippen molar-refractivity contribution in [2.45, 2.75) is 118 Å². The van der Waals surface area contributed by atoms with Gasteiger partial charge in [0, 0.05) is 38.3 Å². The van der Waals surface area contributed by atoms with Gasteiger partial charge in [-0.2, -0.15) is 0 Å². The number of benzene rings is 4. The molecule has 67 heavy (non-hydrogen) atoms. The van der Waals surface area contributed by atoms with Crippen molar-refractivity contribution in [3.8, 4) is 23.0 Å². The highest BCUT2D eigenvalue weighted by molar-refractivity contribution is 5.85. The van der Waals surface area contributed by atoms with Crippen molar-refractivity contribution in [1.29, 1.82) is 0 Å². The number of nitrogens with zero attached hydrogens (tertiary/aromatic N) is 3. The molecule has 2 amide bonds. The number of piperidine rings is 4. The van der Waals surface area contributed by atoms with E-state index in [1.54, 1.807) is 18.2 Å². The fraction of sp³-hybridized carbons (Fsp3) is 0.509. The second kappa shape index (κ2) is 25.3. The molecule has 0 bridgehead atoms. The van der Waals surface area contributed by atoms with Crippen molar-refractivity contribution in [2.75, 3.05) is 52.4 Å². The van der Waals surface area contributed by atoms with Crippen LogP contribution in [0.25, 0.3) is 0 Å². The summed E-state index contributed by atoms with van der Waals surface area (Å²) in [5, 5.41) is 3.42. The summed E-state index contributed by atoms with van der Waals surface area (Å²) in [5.74, 6) is 3.19. The van der Waals surface area contributed by atoms with Crippen LogP contribution < -0.4 is 14.8 Å². The maximum Gasteiger partial charge on any atom is 0.410 e. The average molecular weight is 942 g/mol. The monoisotopic (exact) mass is 941 g/mol. The Morgan fingerprint density at radius 3 is 1.40 bits per heavy atom. The van der Waals surface area contributed by atoms with Gasteiger partial charge >= 0.3 is 12.2 Å². The number of hydrogen-bond acceptors (Lipinski definition) is 9. The van der Waals surface area contributed by atoms with Gasteiger partial charge in [-0.25, -0.2) is 9.59 Å². The van der Waals surface area contributed by atoms with Crippen LogP contribution in [-0.2, 0) is 16.0 Å². The Morgan fingerprint density at radius 2 is 0.955 bits per heavy atom. The molecule has 2 spiro atoms. The fourth-order valence-corrected chi connectivity index (χ4v) is 8.99. The minimum absolute atomic E-state index is 0. The Morgan fingerprint density at radius 1 is 0.552 bits per heavy atom. The Kier molecular flexibility index (Phi) is 20.6. The van der Waals surface area contributed by atoms with Crippen LogP contribution in [0.4, 0.5) is 9.59 Å². The van der Waals surface area contributed by atoms with Crippen LogP contribution in [0.15, 0.2) is 109 Å². The van der Waals surface area contributed by atoms with Crippen LogP contribution in [0.3, 0.4) is 0 Å². The molecule has 4 fully saturated rings. The Labute approximate surface area is 407 Å². The second-order valence-electron chi connectivity index (χ2n) is 20.1. The highest BCUT2D eigenvalue weighted by atomic mass is 35.5. The number of halogens is 1. The van der Waals surface area contributed by atoms with E-state index in [-0.39, 0.29) is 37.6 Å². The summed E-state index contributed by atoms with van der Waals surface area (Å²) in [6.07, 6.45) is 9.85. The standard InChI is InChI=1S/C27H36N2O3.C14H26N2O2.C13H10O2.CH4.ClH/c1-26(2,3)32-25(30)29-18-14-27(15-19-29)12-16-28(17-13-27)21-22-8-7-11-24(20-22)31-23-9-5-4-6-10-23;1-13(2,3)18-12(17)16-10-6-14(7-11-16)4-8-15-9-5-14;14-10-11-5-4-8-13(9-11)15-12-6-2-1-3-7-12;;/h4-11,20H,12-19,21H2,1-3H3;15H,4-11H2,1-3H3;1-10H;1H4;1H.